The number of nitrogens with zero attached hydrogens (tertiary/aromatic N) is 1. The van der Waals surface area contributed by atoms with Gasteiger partial charge in [-0.25, -0.2) is 0 Å². The predicted molar refractivity (Wildman–Crippen MR) is 136 cm³/mol. The fraction of sp³-hybridized carbons (Fsp3) is 0.667. The van der Waals surface area contributed by atoms with Crippen LogP contribution in [0.1, 0.15) is 87.9 Å². The number of fused-ring (bicyclic) bond motifs is 3. The highest BCUT2D eigenvalue weighted by atomic mass is 16.5. The number of carbonyl (C=O) groups excluding carboxylic acids is 3. The Labute approximate surface area is 209 Å². The van der Waals surface area contributed by atoms with Gasteiger partial charge in [-0.1, -0.05) is 51.5 Å². The second-order valence-electron chi connectivity index (χ2n) is 9.87. The quantitative estimate of drug-likeness (QED) is 0.464. The van der Waals surface area contributed by atoms with Crippen molar-refractivity contribution in [3.8, 4) is 5.75 Å². The Hall–Kier alpha value is -2.61. The van der Waals surface area contributed by atoms with Gasteiger partial charge in [0.1, 0.15) is 18.4 Å². The van der Waals surface area contributed by atoms with Gasteiger partial charge in [0.25, 0.3) is 5.91 Å². The Morgan fingerprint density at radius 1 is 1.17 bits per heavy atom. The van der Waals surface area contributed by atoms with Gasteiger partial charge in [-0.2, -0.15) is 0 Å². The molecule has 0 aliphatic carbocycles. The van der Waals surface area contributed by atoms with Gasteiger partial charge in [0, 0.05) is 31.1 Å². The lowest BCUT2D eigenvalue weighted by atomic mass is 10.1. The molecule has 2 aliphatic rings. The second kappa shape index (κ2) is 14.1. The molecule has 194 valence electrons. The molecule has 0 radical (unpaired) electrons. The number of rotatable bonds is 9. The molecule has 8 heteroatoms. The third-order valence-electron chi connectivity index (χ3n) is 6.86. The lowest BCUT2D eigenvalue weighted by Gasteiger charge is -2.29. The number of unbranched alkanes of at least 4 members (excludes halogenated alkanes) is 6. The molecule has 3 amide bonds. The van der Waals surface area contributed by atoms with Gasteiger partial charge in [-0.15, -0.1) is 0 Å². The van der Waals surface area contributed by atoms with Crippen molar-refractivity contribution in [2.24, 2.45) is 5.73 Å². The van der Waals surface area contributed by atoms with E-state index in [0.29, 0.717) is 56.7 Å². The summed E-state index contributed by atoms with van der Waals surface area (Å²) in [4.78, 5) is 40.5. The Morgan fingerprint density at radius 2 is 1.94 bits per heavy atom. The van der Waals surface area contributed by atoms with Crippen LogP contribution in [0.3, 0.4) is 0 Å². The van der Waals surface area contributed by atoms with Gasteiger partial charge in [-0.05, 0) is 43.9 Å². The minimum atomic E-state index is -0.627. The molecule has 0 spiro atoms. The summed E-state index contributed by atoms with van der Waals surface area (Å²) in [5, 5.41) is 5.88. The van der Waals surface area contributed by atoms with E-state index < -0.39 is 6.04 Å². The first-order valence-corrected chi connectivity index (χ1v) is 13.3. The molecule has 1 aromatic carbocycles. The molecule has 1 saturated heterocycles. The largest absolute Gasteiger partial charge is 0.491 e. The number of carbonyl (C=O) groups is 3. The minimum absolute atomic E-state index is 0.0895. The van der Waals surface area contributed by atoms with Crippen molar-refractivity contribution in [3.63, 3.8) is 0 Å². The highest BCUT2D eigenvalue weighted by molar-refractivity contribution is 5.94. The van der Waals surface area contributed by atoms with Crippen LogP contribution in [0.5, 0.6) is 5.75 Å². The predicted octanol–water partition coefficient (Wildman–Crippen LogP) is 3.14. The first-order valence-electron chi connectivity index (χ1n) is 13.3. The topological polar surface area (TPSA) is 114 Å². The van der Waals surface area contributed by atoms with Crippen LogP contribution in [0.15, 0.2) is 24.3 Å². The zero-order valence-corrected chi connectivity index (χ0v) is 21.1. The fourth-order valence-corrected chi connectivity index (χ4v) is 4.88. The third-order valence-corrected chi connectivity index (χ3v) is 6.86. The number of benzene rings is 1. The molecule has 8 nitrogen and oxygen atoms in total. The monoisotopic (exact) mass is 486 g/mol. The van der Waals surface area contributed by atoms with Crippen LogP contribution >= 0.6 is 0 Å². The van der Waals surface area contributed by atoms with Gasteiger partial charge in [-0.3, -0.25) is 14.4 Å². The van der Waals surface area contributed by atoms with Gasteiger partial charge in [0.15, 0.2) is 0 Å². The Morgan fingerprint density at radius 3 is 2.74 bits per heavy atom. The van der Waals surface area contributed by atoms with E-state index >= 15 is 0 Å². The van der Waals surface area contributed by atoms with Crippen LogP contribution in [0.25, 0.3) is 0 Å². The maximum atomic E-state index is 13.5. The second-order valence-corrected chi connectivity index (χ2v) is 9.87. The van der Waals surface area contributed by atoms with E-state index in [9.17, 15) is 14.4 Å². The molecule has 0 aromatic heterocycles. The maximum Gasteiger partial charge on any atom is 0.251 e. The number of nitrogens with one attached hydrogen (secondary N) is 2. The van der Waals surface area contributed by atoms with Crippen LogP contribution in [-0.2, 0) is 9.59 Å². The summed E-state index contributed by atoms with van der Waals surface area (Å²) in [7, 11) is 0. The number of amides is 3. The number of nitrogens with two attached hydrogens (primary N) is 1. The molecule has 4 N–H and O–H groups in total. The van der Waals surface area contributed by atoms with E-state index in [0.717, 1.165) is 19.3 Å². The van der Waals surface area contributed by atoms with Crippen molar-refractivity contribution in [2.75, 3.05) is 19.7 Å². The molecule has 2 aliphatic heterocycles. The van der Waals surface area contributed by atoms with E-state index in [-0.39, 0.29) is 29.8 Å². The average molecular weight is 487 g/mol. The molecule has 0 saturated carbocycles. The number of hydrogen-bond donors (Lipinski definition) is 3. The number of ether oxygens (including phenoxy) is 1. The van der Waals surface area contributed by atoms with Crippen LogP contribution < -0.4 is 21.1 Å². The molecule has 2 heterocycles. The SMILES string of the molecule is CCCCCCCCCC(=O)N[C@H]1CCCNC(=O)c2cccc(c2)OC[C@@H]2C[C@H](N)CN2C1=O. The summed E-state index contributed by atoms with van der Waals surface area (Å²) in [5.41, 5.74) is 6.75. The molecule has 2 bridgehead atoms. The van der Waals surface area contributed by atoms with Crippen molar-refractivity contribution in [2.45, 2.75) is 95.7 Å². The highest BCUT2D eigenvalue weighted by Crippen LogP contribution is 2.22. The van der Waals surface area contributed by atoms with Crippen molar-refractivity contribution < 1.29 is 19.1 Å². The molecule has 3 atom stereocenters. The van der Waals surface area contributed by atoms with Crippen molar-refractivity contribution in [3.05, 3.63) is 29.8 Å². The van der Waals surface area contributed by atoms with E-state index in [1.165, 1.54) is 25.7 Å². The summed E-state index contributed by atoms with van der Waals surface area (Å²) in [5.74, 6) is 0.204. The molecular formula is C27H42N4O4. The summed E-state index contributed by atoms with van der Waals surface area (Å²) in [6.45, 7) is 3.37. The molecule has 1 aromatic rings. The minimum Gasteiger partial charge on any atom is -0.491 e. The van der Waals surface area contributed by atoms with Crippen molar-refractivity contribution in [1.82, 2.24) is 15.5 Å². The smallest absolute Gasteiger partial charge is 0.251 e. The average Bonchev–Trinajstić information content (AvgIpc) is 3.23. The zero-order valence-electron chi connectivity index (χ0n) is 21.1. The molecule has 35 heavy (non-hydrogen) atoms. The van der Waals surface area contributed by atoms with Crippen molar-refractivity contribution >= 4 is 17.7 Å². The Kier molecular flexibility index (Phi) is 10.8. The summed E-state index contributed by atoms with van der Waals surface area (Å²) in [6.07, 6.45) is 10.1. The number of hydrogen-bond acceptors (Lipinski definition) is 5. The fourth-order valence-electron chi connectivity index (χ4n) is 4.88. The summed E-state index contributed by atoms with van der Waals surface area (Å²) in [6, 6.07) is 6.14. The molecule has 0 unspecified atom stereocenters. The normalized spacial score (nSPS) is 23.1. The van der Waals surface area contributed by atoms with E-state index in [4.69, 9.17) is 10.5 Å². The Bertz CT molecular complexity index is 846. The third kappa shape index (κ3) is 8.53. The lowest BCUT2D eigenvalue weighted by molar-refractivity contribution is -0.138. The molecular weight excluding hydrogens is 444 g/mol. The maximum absolute atomic E-state index is 13.5. The molecule has 3 rings (SSSR count). The Balaban J connectivity index is 1.61. The van der Waals surface area contributed by atoms with Crippen LogP contribution in [0, 0.1) is 0 Å². The van der Waals surface area contributed by atoms with Gasteiger partial charge < -0.3 is 26.0 Å². The van der Waals surface area contributed by atoms with Crippen LogP contribution in [-0.4, -0.2) is 60.4 Å². The van der Waals surface area contributed by atoms with Crippen LogP contribution in [0.4, 0.5) is 0 Å². The molecule has 1 fully saturated rings. The van der Waals surface area contributed by atoms with E-state index in [2.05, 4.69) is 17.6 Å². The van der Waals surface area contributed by atoms with Crippen molar-refractivity contribution in [1.29, 1.82) is 0 Å². The standard InChI is InChI=1S/C27H42N4O4/c1-2-3-4-5-6-7-8-14-25(32)30-24-13-10-15-29-26(33)20-11-9-12-23(16-20)35-19-22-17-21(28)18-31(22)27(24)34/h9,11-12,16,21-22,24H,2-8,10,13-15,17-19,28H2,1H3,(H,29,33)(H,30,32)/t21-,22-,24-/m0/s1. The highest BCUT2D eigenvalue weighted by Gasteiger charge is 2.37. The van der Waals surface area contributed by atoms with E-state index in [1.807, 2.05) is 0 Å². The summed E-state index contributed by atoms with van der Waals surface area (Å²) >= 11 is 0. The summed E-state index contributed by atoms with van der Waals surface area (Å²) < 4.78 is 5.95. The van der Waals surface area contributed by atoms with Gasteiger partial charge in [0.05, 0.1) is 6.04 Å². The first kappa shape index (κ1) is 27.0. The van der Waals surface area contributed by atoms with Gasteiger partial charge in [0.2, 0.25) is 11.8 Å². The first-order chi connectivity index (χ1) is 17.0. The lowest BCUT2D eigenvalue weighted by Crippen LogP contribution is -2.51. The zero-order chi connectivity index (χ0) is 25.0. The van der Waals surface area contributed by atoms with Gasteiger partial charge >= 0.3 is 0 Å². The van der Waals surface area contributed by atoms with E-state index in [1.54, 1.807) is 29.2 Å². The van der Waals surface area contributed by atoms with Crippen LogP contribution in [0.2, 0.25) is 0 Å².